The van der Waals surface area contributed by atoms with Crippen LogP contribution >= 0.6 is 0 Å². The first-order chi connectivity index (χ1) is 29.0. The number of hydrogen-bond acceptors (Lipinski definition) is 8. The zero-order valence-corrected chi connectivity index (χ0v) is 36.5. The quantitative estimate of drug-likeness (QED) is 0.0778. The van der Waals surface area contributed by atoms with Crippen molar-refractivity contribution in [1.82, 2.24) is 26.6 Å². The van der Waals surface area contributed by atoms with Gasteiger partial charge in [-0.3, -0.25) is 24.0 Å². The number of rotatable bonds is 22. The van der Waals surface area contributed by atoms with Crippen LogP contribution in [0.4, 0.5) is 13.6 Å². The lowest BCUT2D eigenvalue weighted by atomic mass is 9.93. The average molecular weight is 865 g/mol. The summed E-state index contributed by atoms with van der Waals surface area (Å²) in [5.74, 6) is -10.8. The lowest BCUT2D eigenvalue weighted by Crippen LogP contribution is -2.63. The molecule has 14 nitrogen and oxygen atoms in total. The molecule has 0 aromatic heterocycles. The standard InChI is InChI=1S/C46H62F2N6O8/c1-28(2)23-33(38(55)46(47,48)43(60)53-35(24-29(3)4)40(57)51-34(39(49)56)25-30-17-11-8-12-18-30)50-41(58)36(26-31-19-13-9-14-20-31)52-42(59)37(27-32-21-15-10-16-22-32)54-44(61)62-45(5,6)7/h8-22,28-29,33-38,55H,23-27H2,1-7H3,(H2,49,56)(H,50,58)(H,51,57)(H,52,59)(H,53,60)(H,54,61)/t33-,34-,35-,36-,37-,38+/m0/s1. The zero-order chi connectivity index (χ0) is 46.2. The Labute approximate surface area is 362 Å². The fourth-order valence-electron chi connectivity index (χ4n) is 6.59. The second kappa shape index (κ2) is 23.4. The van der Waals surface area contributed by atoms with E-state index in [2.05, 4.69) is 26.6 Å². The molecule has 8 N–H and O–H groups in total. The first-order valence-electron chi connectivity index (χ1n) is 20.7. The van der Waals surface area contributed by atoms with Gasteiger partial charge in [0, 0.05) is 19.3 Å². The van der Waals surface area contributed by atoms with Gasteiger partial charge in [-0.05, 0) is 62.1 Å². The van der Waals surface area contributed by atoms with Gasteiger partial charge in [0.1, 0.15) is 35.9 Å². The second-order valence-corrected chi connectivity index (χ2v) is 17.3. The molecule has 0 radical (unpaired) electrons. The highest BCUT2D eigenvalue weighted by Gasteiger charge is 2.51. The van der Waals surface area contributed by atoms with Crippen LogP contribution in [0.1, 0.15) is 78.0 Å². The molecule has 0 aliphatic carbocycles. The third-order valence-corrected chi connectivity index (χ3v) is 9.59. The lowest BCUT2D eigenvalue weighted by molar-refractivity contribution is -0.169. The van der Waals surface area contributed by atoms with Crippen molar-refractivity contribution in [1.29, 1.82) is 0 Å². The number of alkyl carbamates (subject to hydrolysis) is 1. The fourth-order valence-corrected chi connectivity index (χ4v) is 6.59. The Morgan fingerprint density at radius 2 is 0.968 bits per heavy atom. The van der Waals surface area contributed by atoms with Gasteiger partial charge in [0.15, 0.2) is 0 Å². The van der Waals surface area contributed by atoms with Crippen molar-refractivity contribution < 1.29 is 47.4 Å². The number of alkyl halides is 2. The lowest BCUT2D eigenvalue weighted by Gasteiger charge is -2.33. The number of ether oxygens (including phenoxy) is 1. The Kier molecular flexibility index (Phi) is 19.0. The van der Waals surface area contributed by atoms with E-state index in [-0.39, 0.29) is 43.9 Å². The normalized spacial score (nSPS) is 14.6. The molecule has 0 aliphatic heterocycles. The number of carbonyl (C=O) groups excluding carboxylic acids is 6. The van der Waals surface area contributed by atoms with Crippen molar-refractivity contribution in [2.45, 2.75) is 128 Å². The average Bonchev–Trinajstić information content (AvgIpc) is 3.19. The summed E-state index contributed by atoms with van der Waals surface area (Å²) in [5.41, 5.74) is 6.61. The molecular weight excluding hydrogens is 803 g/mol. The van der Waals surface area contributed by atoms with E-state index in [9.17, 15) is 33.9 Å². The van der Waals surface area contributed by atoms with E-state index < -0.39 is 83.5 Å². The molecule has 6 atom stereocenters. The van der Waals surface area contributed by atoms with Gasteiger partial charge in [-0.2, -0.15) is 8.78 Å². The van der Waals surface area contributed by atoms with Crippen LogP contribution in [-0.4, -0.2) is 88.6 Å². The minimum Gasteiger partial charge on any atom is -0.444 e. The monoisotopic (exact) mass is 864 g/mol. The molecule has 0 saturated heterocycles. The molecule has 0 saturated carbocycles. The highest BCUT2D eigenvalue weighted by atomic mass is 19.3. The molecule has 3 aromatic carbocycles. The number of carbonyl (C=O) groups is 6. The Hall–Kier alpha value is -5.90. The molecule has 0 spiro atoms. The van der Waals surface area contributed by atoms with Crippen molar-refractivity contribution >= 4 is 35.6 Å². The van der Waals surface area contributed by atoms with Crippen LogP contribution < -0.4 is 32.3 Å². The Morgan fingerprint density at radius 3 is 1.39 bits per heavy atom. The molecule has 0 unspecified atom stereocenters. The maximum Gasteiger partial charge on any atom is 0.408 e. The van der Waals surface area contributed by atoms with Gasteiger partial charge in [0.25, 0.3) is 5.91 Å². The van der Waals surface area contributed by atoms with Crippen LogP contribution in [-0.2, 0) is 48.0 Å². The summed E-state index contributed by atoms with van der Waals surface area (Å²) in [6, 6.07) is 18.8. The van der Waals surface area contributed by atoms with E-state index in [1.165, 1.54) is 0 Å². The number of nitrogens with one attached hydrogen (secondary N) is 5. The number of aliphatic hydroxyl groups excluding tert-OH is 1. The zero-order valence-electron chi connectivity index (χ0n) is 36.5. The van der Waals surface area contributed by atoms with Gasteiger partial charge < -0.3 is 42.2 Å². The topological polar surface area (TPSA) is 218 Å². The highest BCUT2D eigenvalue weighted by Crippen LogP contribution is 2.26. The SMILES string of the molecule is CC(C)C[C@H](NC(=O)C(F)(F)[C@H](O)[C@H](CC(C)C)NC(=O)[C@H](Cc1ccccc1)NC(=O)[C@H](Cc1ccccc1)NC(=O)OC(C)(C)C)C(=O)N[C@@H](Cc1ccccc1)C(N)=O. The van der Waals surface area contributed by atoms with Crippen LogP contribution in [0.25, 0.3) is 0 Å². The number of nitrogens with two attached hydrogens (primary N) is 1. The largest absolute Gasteiger partial charge is 0.444 e. The molecule has 0 heterocycles. The van der Waals surface area contributed by atoms with Crippen LogP contribution in [0.2, 0.25) is 0 Å². The van der Waals surface area contributed by atoms with Crippen LogP contribution in [0, 0.1) is 11.8 Å². The first-order valence-corrected chi connectivity index (χ1v) is 20.7. The number of aliphatic hydroxyl groups is 1. The van der Waals surface area contributed by atoms with E-state index in [1.54, 1.807) is 139 Å². The minimum absolute atomic E-state index is 0.00759. The van der Waals surface area contributed by atoms with Gasteiger partial charge in [-0.25, -0.2) is 4.79 Å². The molecule has 62 heavy (non-hydrogen) atoms. The van der Waals surface area contributed by atoms with Crippen molar-refractivity contribution in [3.63, 3.8) is 0 Å². The number of amides is 6. The molecule has 6 amide bonds. The minimum atomic E-state index is -4.56. The van der Waals surface area contributed by atoms with Crippen LogP contribution in [0.5, 0.6) is 0 Å². The Morgan fingerprint density at radius 1 is 0.581 bits per heavy atom. The maximum absolute atomic E-state index is 16.2. The van der Waals surface area contributed by atoms with E-state index in [4.69, 9.17) is 10.5 Å². The summed E-state index contributed by atoms with van der Waals surface area (Å²) in [7, 11) is 0. The molecule has 16 heteroatoms. The summed E-state index contributed by atoms with van der Waals surface area (Å²) in [5, 5.41) is 23.5. The summed E-state index contributed by atoms with van der Waals surface area (Å²) < 4.78 is 37.7. The summed E-state index contributed by atoms with van der Waals surface area (Å²) >= 11 is 0. The maximum atomic E-state index is 16.2. The van der Waals surface area contributed by atoms with Crippen molar-refractivity contribution in [3.8, 4) is 0 Å². The predicted molar refractivity (Wildman–Crippen MR) is 230 cm³/mol. The summed E-state index contributed by atoms with van der Waals surface area (Å²) in [4.78, 5) is 80.2. The van der Waals surface area contributed by atoms with E-state index in [0.29, 0.717) is 16.7 Å². The molecular formula is C46H62F2N6O8. The molecule has 0 bridgehead atoms. The molecule has 0 aliphatic rings. The van der Waals surface area contributed by atoms with Crippen LogP contribution in [0.3, 0.4) is 0 Å². The number of hydrogen-bond donors (Lipinski definition) is 7. The molecule has 0 fully saturated rings. The van der Waals surface area contributed by atoms with Gasteiger partial charge in [-0.15, -0.1) is 0 Å². The molecule has 338 valence electrons. The number of benzene rings is 3. The van der Waals surface area contributed by atoms with Gasteiger partial charge in [0.05, 0.1) is 6.04 Å². The van der Waals surface area contributed by atoms with E-state index in [1.807, 2.05) is 0 Å². The van der Waals surface area contributed by atoms with Crippen molar-refractivity contribution in [2.75, 3.05) is 0 Å². The fraction of sp³-hybridized carbons (Fsp3) is 0.478. The van der Waals surface area contributed by atoms with Crippen molar-refractivity contribution in [2.24, 2.45) is 17.6 Å². The van der Waals surface area contributed by atoms with Gasteiger partial charge in [0.2, 0.25) is 23.6 Å². The summed E-state index contributed by atoms with van der Waals surface area (Å²) in [6.07, 6.45) is -4.13. The number of primary amides is 1. The van der Waals surface area contributed by atoms with Gasteiger partial charge >= 0.3 is 12.0 Å². The first kappa shape index (κ1) is 50.5. The Balaban J connectivity index is 1.88. The van der Waals surface area contributed by atoms with Crippen molar-refractivity contribution in [3.05, 3.63) is 108 Å². The van der Waals surface area contributed by atoms with E-state index in [0.717, 1.165) is 0 Å². The number of halogens is 2. The highest BCUT2D eigenvalue weighted by molar-refractivity contribution is 5.94. The van der Waals surface area contributed by atoms with Crippen LogP contribution in [0.15, 0.2) is 91.0 Å². The van der Waals surface area contributed by atoms with E-state index >= 15 is 8.78 Å². The molecule has 3 aromatic rings. The molecule has 3 rings (SSSR count). The predicted octanol–water partition coefficient (Wildman–Crippen LogP) is 4.12. The summed E-state index contributed by atoms with van der Waals surface area (Å²) in [6.45, 7) is 11.7. The smallest absolute Gasteiger partial charge is 0.408 e. The van der Waals surface area contributed by atoms with Gasteiger partial charge in [-0.1, -0.05) is 119 Å². The third-order valence-electron chi connectivity index (χ3n) is 9.59. The second-order valence-electron chi connectivity index (χ2n) is 17.3. The Bertz CT molecular complexity index is 1930. The third kappa shape index (κ3) is 16.9.